The van der Waals surface area contributed by atoms with Gasteiger partial charge in [-0.1, -0.05) is 13.8 Å². The molecule has 0 aromatic carbocycles. The molecule has 0 rings (SSSR count). The van der Waals surface area contributed by atoms with E-state index in [9.17, 15) is 0 Å². The molecule has 2 N–H and O–H groups in total. The van der Waals surface area contributed by atoms with Gasteiger partial charge in [-0.05, 0) is 19.5 Å². The first-order valence-electron chi connectivity index (χ1n) is 5.19. The molecule has 4 heteroatoms. The molecule has 0 aliphatic heterocycles. The van der Waals surface area contributed by atoms with E-state index >= 15 is 0 Å². The van der Waals surface area contributed by atoms with Crippen molar-refractivity contribution in [3.8, 4) is 0 Å². The third-order valence-electron chi connectivity index (χ3n) is 2.05. The molecule has 0 fully saturated rings. The molecule has 0 aromatic heterocycles. The van der Waals surface area contributed by atoms with E-state index in [-0.39, 0.29) is 0 Å². The van der Waals surface area contributed by atoms with Gasteiger partial charge in [0.1, 0.15) is 0 Å². The van der Waals surface area contributed by atoms with Crippen LogP contribution in [-0.2, 0) is 0 Å². The minimum Gasteiger partial charge on any atom is -0.324 e. The van der Waals surface area contributed by atoms with Crippen molar-refractivity contribution in [2.45, 2.75) is 13.8 Å². The first-order chi connectivity index (χ1) is 6.35. The van der Waals surface area contributed by atoms with Crippen LogP contribution >= 0.6 is 0 Å². The second-order valence-electron chi connectivity index (χ2n) is 2.99. The Kier molecular flexibility index (Phi) is 9.99. The Morgan fingerprint density at radius 2 is 1.69 bits per heavy atom. The molecule has 0 bridgehead atoms. The van der Waals surface area contributed by atoms with Gasteiger partial charge in [-0.2, -0.15) is 0 Å². The van der Waals surface area contributed by atoms with Crippen molar-refractivity contribution >= 4 is 7.85 Å². The van der Waals surface area contributed by atoms with Gasteiger partial charge in [-0.3, -0.25) is 0 Å². The highest BCUT2D eigenvalue weighted by molar-refractivity contribution is 6.08. The number of likely N-dealkylation sites (N-methyl/N-ethyl adjacent to an activating group) is 2. The largest absolute Gasteiger partial charge is 0.324 e. The summed E-state index contributed by atoms with van der Waals surface area (Å²) in [5, 5.41) is 6.44. The molecule has 13 heavy (non-hydrogen) atoms. The predicted octanol–water partition coefficient (Wildman–Crippen LogP) is -0.367. The van der Waals surface area contributed by atoms with Crippen molar-refractivity contribution in [1.82, 2.24) is 15.5 Å². The molecule has 0 amide bonds. The molecule has 76 valence electrons. The van der Waals surface area contributed by atoms with Crippen LogP contribution in [0.25, 0.3) is 0 Å². The smallest absolute Gasteiger partial charge is 0.0859 e. The third kappa shape index (κ3) is 8.28. The van der Waals surface area contributed by atoms with Crippen molar-refractivity contribution in [3.05, 3.63) is 0 Å². The number of hydrogen-bond donors (Lipinski definition) is 2. The van der Waals surface area contributed by atoms with E-state index in [4.69, 9.17) is 7.85 Å². The lowest BCUT2D eigenvalue weighted by Gasteiger charge is -2.20. The van der Waals surface area contributed by atoms with Crippen LogP contribution in [0.15, 0.2) is 0 Å². The summed E-state index contributed by atoms with van der Waals surface area (Å²) in [4.78, 5) is 2.41. The molecule has 0 aliphatic rings. The molecule has 0 saturated heterocycles. The van der Waals surface area contributed by atoms with Crippen molar-refractivity contribution < 1.29 is 0 Å². The molecule has 0 aliphatic carbocycles. The average molecular weight is 183 g/mol. The minimum absolute atomic E-state index is 0.574. The van der Waals surface area contributed by atoms with Crippen LogP contribution in [-0.4, -0.2) is 58.5 Å². The lowest BCUT2D eigenvalue weighted by Crippen LogP contribution is -2.37. The number of hydrogen-bond acceptors (Lipinski definition) is 3. The van der Waals surface area contributed by atoms with E-state index < -0.39 is 0 Å². The molecular formula is C9H22BN3. The molecule has 0 spiro atoms. The van der Waals surface area contributed by atoms with Crippen molar-refractivity contribution in [3.63, 3.8) is 0 Å². The van der Waals surface area contributed by atoms with Gasteiger partial charge in [0.25, 0.3) is 0 Å². The van der Waals surface area contributed by atoms with Gasteiger partial charge in [-0.25, -0.2) is 0 Å². The van der Waals surface area contributed by atoms with Gasteiger partial charge < -0.3 is 15.5 Å². The number of rotatable bonds is 9. The second kappa shape index (κ2) is 10.0. The van der Waals surface area contributed by atoms with Crippen LogP contribution < -0.4 is 10.6 Å². The topological polar surface area (TPSA) is 27.3 Å². The fourth-order valence-corrected chi connectivity index (χ4v) is 1.18. The SMILES string of the molecule is [B]CNCCN(CC)CCNCC. The zero-order chi connectivity index (χ0) is 9.94. The van der Waals surface area contributed by atoms with Gasteiger partial charge >= 0.3 is 0 Å². The maximum atomic E-state index is 5.34. The number of nitrogens with zero attached hydrogens (tertiary/aromatic N) is 1. The molecule has 3 nitrogen and oxygen atoms in total. The zero-order valence-corrected chi connectivity index (χ0v) is 8.97. The molecule has 2 radical (unpaired) electrons. The van der Waals surface area contributed by atoms with Crippen molar-refractivity contribution in [1.29, 1.82) is 0 Å². The van der Waals surface area contributed by atoms with E-state index in [1.165, 1.54) is 0 Å². The highest BCUT2D eigenvalue weighted by Gasteiger charge is 1.99. The average Bonchev–Trinajstić information content (AvgIpc) is 2.16. The Labute approximate surface area is 83.7 Å². The summed E-state index contributed by atoms with van der Waals surface area (Å²) in [5.74, 6) is 0. The fraction of sp³-hybridized carbons (Fsp3) is 1.00. The van der Waals surface area contributed by atoms with Crippen LogP contribution in [0.3, 0.4) is 0 Å². The van der Waals surface area contributed by atoms with Gasteiger partial charge in [-0.15, -0.1) is 0 Å². The summed E-state index contributed by atoms with van der Waals surface area (Å²) < 4.78 is 0. The van der Waals surface area contributed by atoms with Crippen LogP contribution in [0.2, 0.25) is 0 Å². The Morgan fingerprint density at radius 1 is 1.08 bits per heavy atom. The van der Waals surface area contributed by atoms with Gasteiger partial charge in [0.15, 0.2) is 0 Å². The lowest BCUT2D eigenvalue weighted by molar-refractivity contribution is 0.289. The Bertz CT molecular complexity index is 90.9. The maximum absolute atomic E-state index is 5.34. The van der Waals surface area contributed by atoms with E-state index in [0.717, 1.165) is 39.3 Å². The Morgan fingerprint density at radius 3 is 2.15 bits per heavy atom. The van der Waals surface area contributed by atoms with Crippen LogP contribution in [0.1, 0.15) is 13.8 Å². The summed E-state index contributed by atoms with van der Waals surface area (Å²) >= 11 is 0. The quantitative estimate of drug-likeness (QED) is 0.377. The fourth-order valence-electron chi connectivity index (χ4n) is 1.18. The van der Waals surface area contributed by atoms with Gasteiger partial charge in [0.05, 0.1) is 7.85 Å². The molecular weight excluding hydrogens is 161 g/mol. The summed E-state index contributed by atoms with van der Waals surface area (Å²) in [6.07, 6.45) is 0.574. The van der Waals surface area contributed by atoms with E-state index in [2.05, 4.69) is 29.4 Å². The van der Waals surface area contributed by atoms with E-state index in [1.54, 1.807) is 0 Å². The molecule has 0 unspecified atom stereocenters. The van der Waals surface area contributed by atoms with E-state index in [1.807, 2.05) is 0 Å². The summed E-state index contributed by atoms with van der Waals surface area (Å²) in [7, 11) is 5.34. The monoisotopic (exact) mass is 183 g/mol. The van der Waals surface area contributed by atoms with Crippen LogP contribution in [0, 0.1) is 0 Å². The van der Waals surface area contributed by atoms with Gasteiger partial charge in [0.2, 0.25) is 0 Å². The maximum Gasteiger partial charge on any atom is 0.0859 e. The zero-order valence-electron chi connectivity index (χ0n) is 8.97. The third-order valence-corrected chi connectivity index (χ3v) is 2.05. The predicted molar refractivity (Wildman–Crippen MR) is 59.3 cm³/mol. The summed E-state index contributed by atoms with van der Waals surface area (Å²) in [6, 6.07) is 0. The highest BCUT2D eigenvalue weighted by atomic mass is 15.1. The normalized spacial score (nSPS) is 11.0. The number of nitrogens with one attached hydrogen (secondary N) is 2. The standard InChI is InChI=1S/C9H22BN3/c1-3-11-5-7-13(4-2)8-6-12-9-10/h11-12H,3-9H2,1-2H3. The Balaban J connectivity index is 3.28. The summed E-state index contributed by atoms with van der Waals surface area (Å²) in [6.45, 7) is 10.7. The highest BCUT2D eigenvalue weighted by Crippen LogP contribution is 1.84. The second-order valence-corrected chi connectivity index (χ2v) is 2.99. The molecule has 0 saturated carbocycles. The lowest BCUT2D eigenvalue weighted by atomic mass is 10.2. The first-order valence-corrected chi connectivity index (χ1v) is 5.19. The van der Waals surface area contributed by atoms with E-state index in [0.29, 0.717) is 6.44 Å². The van der Waals surface area contributed by atoms with Crippen LogP contribution in [0.5, 0.6) is 0 Å². The molecule has 0 atom stereocenters. The van der Waals surface area contributed by atoms with Crippen molar-refractivity contribution in [2.24, 2.45) is 0 Å². The van der Waals surface area contributed by atoms with Crippen LogP contribution in [0.4, 0.5) is 0 Å². The van der Waals surface area contributed by atoms with Crippen molar-refractivity contribution in [2.75, 3.05) is 45.7 Å². The minimum atomic E-state index is 0.574. The van der Waals surface area contributed by atoms with Gasteiger partial charge in [0, 0.05) is 26.2 Å². The Hall–Kier alpha value is -0.0551. The molecule has 0 aromatic rings. The first kappa shape index (κ1) is 12.9. The molecule has 0 heterocycles. The summed E-state index contributed by atoms with van der Waals surface area (Å²) in [5.41, 5.74) is 0.